The summed E-state index contributed by atoms with van der Waals surface area (Å²) in [6, 6.07) is 4.71. The quantitative estimate of drug-likeness (QED) is 0.804. The Labute approximate surface area is 123 Å². The van der Waals surface area contributed by atoms with Crippen molar-refractivity contribution >= 4 is 17.4 Å². The van der Waals surface area contributed by atoms with Crippen molar-refractivity contribution in [2.24, 2.45) is 0 Å². The first-order valence-corrected chi connectivity index (χ1v) is 6.34. The van der Waals surface area contributed by atoms with Gasteiger partial charge in [-0.25, -0.2) is 18.7 Å². The van der Waals surface area contributed by atoms with Gasteiger partial charge in [0.25, 0.3) is 6.43 Å². The van der Waals surface area contributed by atoms with Crippen LogP contribution in [0.15, 0.2) is 22.6 Å². The standard InChI is InChI=1S/C13H11F2N5O2/c1-6-3-4-8(22-6)13-17-9(16-7(2)21)5-10-18-12(11(14)15)19-20(10)13/h3-5,11H,1-2H3,(H,16,21). The molecule has 0 aliphatic rings. The maximum atomic E-state index is 12.8. The van der Waals surface area contributed by atoms with Gasteiger partial charge >= 0.3 is 0 Å². The fourth-order valence-corrected chi connectivity index (χ4v) is 1.96. The predicted octanol–water partition coefficient (Wildman–Crippen LogP) is 2.59. The Morgan fingerprint density at radius 2 is 2.14 bits per heavy atom. The minimum Gasteiger partial charge on any atom is -0.458 e. The van der Waals surface area contributed by atoms with Gasteiger partial charge in [-0.1, -0.05) is 0 Å². The molecule has 3 aromatic rings. The number of nitrogens with one attached hydrogen (secondary N) is 1. The van der Waals surface area contributed by atoms with Gasteiger partial charge in [-0.3, -0.25) is 4.79 Å². The summed E-state index contributed by atoms with van der Waals surface area (Å²) in [4.78, 5) is 19.1. The molecular weight excluding hydrogens is 296 g/mol. The molecule has 0 radical (unpaired) electrons. The maximum absolute atomic E-state index is 12.8. The number of aromatic nitrogens is 4. The van der Waals surface area contributed by atoms with E-state index in [2.05, 4.69) is 20.4 Å². The number of alkyl halides is 2. The summed E-state index contributed by atoms with van der Waals surface area (Å²) in [7, 11) is 0. The highest BCUT2D eigenvalue weighted by Crippen LogP contribution is 2.24. The number of nitrogens with zero attached hydrogens (tertiary/aromatic N) is 4. The lowest BCUT2D eigenvalue weighted by Gasteiger charge is -2.05. The van der Waals surface area contributed by atoms with Gasteiger partial charge in [0.05, 0.1) is 0 Å². The highest BCUT2D eigenvalue weighted by Gasteiger charge is 2.19. The third kappa shape index (κ3) is 2.52. The Bertz CT molecular complexity index is 855. The second kappa shape index (κ2) is 5.17. The van der Waals surface area contributed by atoms with E-state index < -0.39 is 12.2 Å². The van der Waals surface area contributed by atoms with Gasteiger partial charge in [-0.05, 0) is 19.1 Å². The van der Waals surface area contributed by atoms with Gasteiger partial charge < -0.3 is 9.73 Å². The second-order valence-electron chi connectivity index (χ2n) is 4.60. The Kier molecular flexibility index (Phi) is 3.32. The molecular formula is C13H11F2N5O2. The zero-order valence-corrected chi connectivity index (χ0v) is 11.7. The number of fused-ring (bicyclic) bond motifs is 1. The van der Waals surface area contributed by atoms with Crippen molar-refractivity contribution in [3.8, 4) is 11.6 Å². The van der Waals surface area contributed by atoms with Crippen LogP contribution in [-0.4, -0.2) is 25.5 Å². The van der Waals surface area contributed by atoms with Gasteiger partial charge in [0.2, 0.25) is 17.6 Å². The van der Waals surface area contributed by atoms with Gasteiger partial charge in [0.1, 0.15) is 11.6 Å². The van der Waals surface area contributed by atoms with Crippen molar-refractivity contribution < 1.29 is 18.0 Å². The molecule has 114 valence electrons. The zero-order chi connectivity index (χ0) is 15.9. The number of halogens is 2. The largest absolute Gasteiger partial charge is 0.458 e. The van der Waals surface area contributed by atoms with Gasteiger partial charge in [-0.15, -0.1) is 5.10 Å². The van der Waals surface area contributed by atoms with E-state index in [9.17, 15) is 13.6 Å². The number of hydrogen-bond acceptors (Lipinski definition) is 5. The summed E-state index contributed by atoms with van der Waals surface area (Å²) >= 11 is 0. The number of furan rings is 1. The van der Waals surface area contributed by atoms with Gasteiger partial charge in [-0.2, -0.15) is 4.52 Å². The molecule has 0 bridgehead atoms. The third-order valence-corrected chi connectivity index (χ3v) is 2.80. The molecule has 0 saturated carbocycles. The van der Waals surface area contributed by atoms with Crippen LogP contribution in [0.25, 0.3) is 17.2 Å². The molecule has 0 saturated heterocycles. The molecule has 0 aromatic carbocycles. The fourth-order valence-electron chi connectivity index (χ4n) is 1.96. The number of hydrogen-bond donors (Lipinski definition) is 1. The van der Waals surface area contributed by atoms with Gasteiger partial charge in [0.15, 0.2) is 11.4 Å². The normalized spacial score (nSPS) is 11.3. The Morgan fingerprint density at radius 3 is 2.73 bits per heavy atom. The van der Waals surface area contributed by atoms with Crippen molar-refractivity contribution in [2.45, 2.75) is 20.3 Å². The van der Waals surface area contributed by atoms with E-state index >= 15 is 0 Å². The first-order chi connectivity index (χ1) is 10.4. The smallest absolute Gasteiger partial charge is 0.299 e. The Hall–Kier alpha value is -2.84. The van der Waals surface area contributed by atoms with E-state index in [1.165, 1.54) is 13.0 Å². The molecule has 9 heteroatoms. The molecule has 1 amide bonds. The van der Waals surface area contributed by atoms with Crippen LogP contribution < -0.4 is 5.32 Å². The van der Waals surface area contributed by atoms with Crippen LogP contribution in [0.2, 0.25) is 0 Å². The number of anilines is 1. The molecule has 0 aliphatic heterocycles. The molecule has 0 unspecified atom stereocenters. The predicted molar refractivity (Wildman–Crippen MR) is 72.5 cm³/mol. The summed E-state index contributed by atoms with van der Waals surface area (Å²) in [5.74, 6) is 0.355. The monoisotopic (exact) mass is 307 g/mol. The molecule has 22 heavy (non-hydrogen) atoms. The summed E-state index contributed by atoms with van der Waals surface area (Å²) in [5, 5.41) is 6.23. The molecule has 1 N–H and O–H groups in total. The van der Waals surface area contributed by atoms with Gasteiger partial charge in [0, 0.05) is 13.0 Å². The van der Waals surface area contributed by atoms with E-state index in [-0.39, 0.29) is 23.2 Å². The van der Waals surface area contributed by atoms with Crippen LogP contribution in [0, 0.1) is 6.92 Å². The number of aryl methyl sites for hydroxylation is 1. The van der Waals surface area contributed by atoms with E-state index in [1.807, 2.05) is 0 Å². The average molecular weight is 307 g/mol. The van der Waals surface area contributed by atoms with Crippen molar-refractivity contribution in [2.75, 3.05) is 5.32 Å². The average Bonchev–Trinajstić information content (AvgIpc) is 3.03. The number of carbonyl (C=O) groups excluding carboxylic acids is 1. The van der Waals surface area contributed by atoms with Crippen molar-refractivity contribution in [3.63, 3.8) is 0 Å². The lowest BCUT2D eigenvalue weighted by molar-refractivity contribution is -0.114. The Morgan fingerprint density at radius 1 is 1.36 bits per heavy atom. The first-order valence-electron chi connectivity index (χ1n) is 6.34. The van der Waals surface area contributed by atoms with Crippen molar-refractivity contribution in [1.29, 1.82) is 0 Å². The molecule has 7 nitrogen and oxygen atoms in total. The third-order valence-electron chi connectivity index (χ3n) is 2.80. The van der Waals surface area contributed by atoms with Crippen LogP contribution >= 0.6 is 0 Å². The number of carbonyl (C=O) groups is 1. The molecule has 3 aromatic heterocycles. The maximum Gasteiger partial charge on any atom is 0.299 e. The Balaban J connectivity index is 2.23. The van der Waals surface area contributed by atoms with Crippen molar-refractivity contribution in [3.05, 3.63) is 29.8 Å². The number of rotatable bonds is 3. The fraction of sp³-hybridized carbons (Fsp3) is 0.231. The molecule has 0 fully saturated rings. The molecule has 3 heterocycles. The molecule has 0 aliphatic carbocycles. The van der Waals surface area contributed by atoms with Crippen LogP contribution in [-0.2, 0) is 4.79 Å². The first kappa shape index (κ1) is 14.1. The van der Waals surface area contributed by atoms with Crippen molar-refractivity contribution in [1.82, 2.24) is 19.6 Å². The van der Waals surface area contributed by atoms with Crippen LogP contribution in [0.1, 0.15) is 24.9 Å². The summed E-state index contributed by atoms with van der Waals surface area (Å²) in [6.07, 6.45) is -2.81. The summed E-state index contributed by atoms with van der Waals surface area (Å²) in [5.41, 5.74) is 0.137. The van der Waals surface area contributed by atoms with E-state index in [1.54, 1.807) is 19.1 Å². The van der Waals surface area contributed by atoms with Crippen LogP contribution in [0.3, 0.4) is 0 Å². The minimum atomic E-state index is -2.81. The lowest BCUT2D eigenvalue weighted by Crippen LogP contribution is -2.09. The molecule has 3 rings (SSSR count). The summed E-state index contributed by atoms with van der Waals surface area (Å²) in [6.45, 7) is 3.06. The highest BCUT2D eigenvalue weighted by atomic mass is 19.3. The SMILES string of the molecule is CC(=O)Nc1cc2nc(C(F)F)nn2c(-c2ccc(C)o2)n1. The number of amides is 1. The van der Waals surface area contributed by atoms with Crippen LogP contribution in [0.4, 0.5) is 14.6 Å². The van der Waals surface area contributed by atoms with Crippen LogP contribution in [0.5, 0.6) is 0 Å². The minimum absolute atomic E-state index is 0.137. The van der Waals surface area contributed by atoms with E-state index in [0.717, 1.165) is 4.52 Å². The molecule has 0 atom stereocenters. The van der Waals surface area contributed by atoms with E-state index in [0.29, 0.717) is 11.5 Å². The topological polar surface area (TPSA) is 85.3 Å². The summed E-state index contributed by atoms with van der Waals surface area (Å²) < 4.78 is 32.2. The molecule has 0 spiro atoms. The zero-order valence-electron chi connectivity index (χ0n) is 11.7. The second-order valence-corrected chi connectivity index (χ2v) is 4.60. The lowest BCUT2D eigenvalue weighted by atomic mass is 10.4. The van der Waals surface area contributed by atoms with E-state index in [4.69, 9.17) is 4.42 Å². The highest BCUT2D eigenvalue weighted by molar-refractivity contribution is 5.88.